The molecule has 2 heterocycles. The monoisotopic (exact) mass is 357 g/mol. The first-order valence-electron chi connectivity index (χ1n) is 9.20. The maximum Gasteiger partial charge on any atom is 0.143 e. The van der Waals surface area contributed by atoms with Gasteiger partial charge in [0, 0.05) is 17.4 Å². The molecule has 2 N–H and O–H groups in total. The van der Waals surface area contributed by atoms with Crippen molar-refractivity contribution in [2.45, 2.75) is 27.2 Å². The number of aryl methyl sites for hydroxylation is 3. The number of hydrogen-bond donors (Lipinski definition) is 2. The van der Waals surface area contributed by atoms with Gasteiger partial charge in [-0.1, -0.05) is 31.2 Å². The molecule has 136 valence electrons. The maximum absolute atomic E-state index is 9.65. The van der Waals surface area contributed by atoms with Crippen molar-refractivity contribution in [1.82, 2.24) is 9.38 Å². The first-order valence-corrected chi connectivity index (χ1v) is 9.20. The van der Waals surface area contributed by atoms with Gasteiger partial charge in [-0.25, -0.2) is 4.98 Å². The van der Waals surface area contributed by atoms with E-state index in [0.717, 1.165) is 34.8 Å². The Hall–Kier alpha value is -3.27. The van der Waals surface area contributed by atoms with Crippen LogP contribution in [0.5, 0.6) is 5.75 Å². The van der Waals surface area contributed by atoms with Gasteiger partial charge in [-0.05, 0) is 67.3 Å². The molecule has 2 aromatic carbocycles. The Morgan fingerprint density at radius 1 is 1.00 bits per heavy atom. The van der Waals surface area contributed by atoms with Gasteiger partial charge < -0.3 is 10.4 Å². The lowest BCUT2D eigenvalue weighted by molar-refractivity contribution is 0.475. The van der Waals surface area contributed by atoms with Crippen molar-refractivity contribution in [3.05, 3.63) is 77.5 Å². The minimum absolute atomic E-state index is 0.250. The number of nitrogens with zero attached hydrogens (tertiary/aromatic N) is 2. The topological polar surface area (TPSA) is 49.6 Å². The molecule has 4 heteroatoms. The molecule has 0 fully saturated rings. The molecule has 27 heavy (non-hydrogen) atoms. The van der Waals surface area contributed by atoms with Crippen LogP contribution in [0.3, 0.4) is 0 Å². The standard InChI is InChI=1S/C23H23N3O/c1-4-17-7-5-6-16(3)21(17)25-23-22(18-9-11-19(27)12-10-18)24-20-13-8-15(2)14-26(20)23/h5-14,25,27H,4H2,1-3H3. The lowest BCUT2D eigenvalue weighted by Gasteiger charge is -2.15. The minimum atomic E-state index is 0.250. The number of pyridine rings is 1. The molecule has 0 unspecified atom stereocenters. The molecule has 0 aliphatic heterocycles. The van der Waals surface area contributed by atoms with Gasteiger partial charge in [-0.3, -0.25) is 4.40 Å². The number of rotatable bonds is 4. The van der Waals surface area contributed by atoms with Gasteiger partial charge in [0.15, 0.2) is 0 Å². The first-order chi connectivity index (χ1) is 13.1. The molecule has 4 rings (SSSR count). The normalized spacial score (nSPS) is 11.1. The number of hydrogen-bond acceptors (Lipinski definition) is 3. The summed E-state index contributed by atoms with van der Waals surface area (Å²) < 4.78 is 2.10. The highest BCUT2D eigenvalue weighted by Crippen LogP contribution is 2.34. The van der Waals surface area contributed by atoms with E-state index in [0.29, 0.717) is 0 Å². The van der Waals surface area contributed by atoms with Crippen LogP contribution in [0.2, 0.25) is 0 Å². The second kappa shape index (κ2) is 6.80. The lowest BCUT2D eigenvalue weighted by atomic mass is 10.1. The van der Waals surface area contributed by atoms with Gasteiger partial charge in [0.05, 0.1) is 0 Å². The van der Waals surface area contributed by atoms with Crippen LogP contribution in [0.1, 0.15) is 23.6 Å². The van der Waals surface area contributed by atoms with Crippen LogP contribution >= 0.6 is 0 Å². The zero-order valence-electron chi connectivity index (χ0n) is 15.8. The van der Waals surface area contributed by atoms with Gasteiger partial charge in [0.1, 0.15) is 22.9 Å². The highest BCUT2D eigenvalue weighted by Gasteiger charge is 2.16. The smallest absolute Gasteiger partial charge is 0.143 e. The van der Waals surface area contributed by atoms with Crippen molar-refractivity contribution < 1.29 is 5.11 Å². The number of benzene rings is 2. The van der Waals surface area contributed by atoms with E-state index in [1.807, 2.05) is 18.2 Å². The number of fused-ring (bicyclic) bond motifs is 1. The average molecular weight is 357 g/mol. The second-order valence-electron chi connectivity index (χ2n) is 6.88. The van der Waals surface area contributed by atoms with Gasteiger partial charge in [-0.2, -0.15) is 0 Å². The molecule has 0 saturated heterocycles. The minimum Gasteiger partial charge on any atom is -0.508 e. The highest BCUT2D eigenvalue weighted by molar-refractivity contribution is 5.81. The summed E-state index contributed by atoms with van der Waals surface area (Å²) in [6, 6.07) is 17.7. The molecule has 0 radical (unpaired) electrons. The van der Waals surface area contributed by atoms with E-state index >= 15 is 0 Å². The van der Waals surface area contributed by atoms with Crippen LogP contribution in [0, 0.1) is 13.8 Å². The number of anilines is 2. The molecule has 0 bridgehead atoms. The molecular weight excluding hydrogens is 334 g/mol. The van der Waals surface area contributed by atoms with Crippen molar-refractivity contribution >= 4 is 17.2 Å². The predicted octanol–water partition coefficient (Wildman–Crippen LogP) is 5.63. The first kappa shape index (κ1) is 17.2. The predicted molar refractivity (Wildman–Crippen MR) is 111 cm³/mol. The zero-order chi connectivity index (χ0) is 19.0. The summed E-state index contributed by atoms with van der Waals surface area (Å²) in [5.74, 6) is 1.18. The quantitative estimate of drug-likeness (QED) is 0.498. The molecule has 0 spiro atoms. The molecular formula is C23H23N3O. The second-order valence-corrected chi connectivity index (χ2v) is 6.88. The summed E-state index contributed by atoms with van der Waals surface area (Å²) in [4.78, 5) is 4.85. The van der Waals surface area contributed by atoms with E-state index in [2.05, 4.69) is 61.0 Å². The molecule has 0 amide bonds. The number of phenolic OH excluding ortho intramolecular Hbond substituents is 1. The maximum atomic E-state index is 9.65. The van der Waals surface area contributed by atoms with Crippen LogP contribution in [0.25, 0.3) is 16.9 Å². The van der Waals surface area contributed by atoms with E-state index in [-0.39, 0.29) is 5.75 Å². The van der Waals surface area contributed by atoms with E-state index in [1.165, 1.54) is 16.7 Å². The molecule has 0 atom stereocenters. The molecule has 0 aliphatic rings. The third-order valence-electron chi connectivity index (χ3n) is 4.89. The molecule has 4 aromatic rings. The fourth-order valence-corrected chi connectivity index (χ4v) is 3.41. The molecule has 4 nitrogen and oxygen atoms in total. The highest BCUT2D eigenvalue weighted by atomic mass is 16.3. The van der Waals surface area contributed by atoms with E-state index in [1.54, 1.807) is 12.1 Å². The van der Waals surface area contributed by atoms with Crippen molar-refractivity contribution in [2.24, 2.45) is 0 Å². The number of aromatic hydroxyl groups is 1. The summed E-state index contributed by atoms with van der Waals surface area (Å²) in [6.45, 7) is 6.37. The van der Waals surface area contributed by atoms with Crippen molar-refractivity contribution in [2.75, 3.05) is 5.32 Å². The largest absolute Gasteiger partial charge is 0.508 e. The van der Waals surface area contributed by atoms with Crippen LogP contribution in [-0.4, -0.2) is 14.5 Å². The Balaban J connectivity index is 1.94. The Morgan fingerprint density at radius 2 is 1.78 bits per heavy atom. The van der Waals surface area contributed by atoms with Gasteiger partial charge in [-0.15, -0.1) is 0 Å². The Bertz CT molecular complexity index is 1110. The number of imidazole rings is 1. The number of para-hydroxylation sites is 1. The van der Waals surface area contributed by atoms with E-state index in [4.69, 9.17) is 4.98 Å². The van der Waals surface area contributed by atoms with E-state index in [9.17, 15) is 5.11 Å². The van der Waals surface area contributed by atoms with Crippen LogP contribution in [0.4, 0.5) is 11.5 Å². The molecule has 0 saturated carbocycles. The third-order valence-corrected chi connectivity index (χ3v) is 4.89. The third kappa shape index (κ3) is 3.14. The van der Waals surface area contributed by atoms with Gasteiger partial charge >= 0.3 is 0 Å². The molecule has 0 aliphatic carbocycles. The van der Waals surface area contributed by atoms with Crippen molar-refractivity contribution in [3.8, 4) is 17.0 Å². The fourth-order valence-electron chi connectivity index (χ4n) is 3.41. The number of aromatic nitrogens is 2. The Kier molecular flexibility index (Phi) is 4.32. The summed E-state index contributed by atoms with van der Waals surface area (Å²) in [5.41, 5.74) is 7.49. The molecule has 2 aromatic heterocycles. The SMILES string of the molecule is CCc1cccc(C)c1Nc1c(-c2ccc(O)cc2)nc2ccc(C)cn12. The van der Waals surface area contributed by atoms with Crippen LogP contribution < -0.4 is 5.32 Å². The van der Waals surface area contributed by atoms with Crippen molar-refractivity contribution in [1.29, 1.82) is 0 Å². The van der Waals surface area contributed by atoms with Crippen molar-refractivity contribution in [3.63, 3.8) is 0 Å². The van der Waals surface area contributed by atoms with E-state index < -0.39 is 0 Å². The number of phenols is 1. The summed E-state index contributed by atoms with van der Waals surface area (Å²) in [6.07, 6.45) is 3.05. The zero-order valence-corrected chi connectivity index (χ0v) is 15.8. The fraction of sp³-hybridized carbons (Fsp3) is 0.174. The van der Waals surface area contributed by atoms with Gasteiger partial charge in [0.25, 0.3) is 0 Å². The average Bonchev–Trinajstić information content (AvgIpc) is 3.01. The lowest BCUT2D eigenvalue weighted by Crippen LogP contribution is -2.02. The van der Waals surface area contributed by atoms with Crippen LogP contribution in [-0.2, 0) is 6.42 Å². The Labute approximate surface area is 159 Å². The summed E-state index contributed by atoms with van der Waals surface area (Å²) in [5, 5.41) is 13.3. The Morgan fingerprint density at radius 3 is 2.52 bits per heavy atom. The summed E-state index contributed by atoms with van der Waals surface area (Å²) >= 11 is 0. The summed E-state index contributed by atoms with van der Waals surface area (Å²) in [7, 11) is 0. The van der Waals surface area contributed by atoms with Gasteiger partial charge in [0.2, 0.25) is 0 Å². The van der Waals surface area contributed by atoms with Crippen LogP contribution in [0.15, 0.2) is 60.8 Å². The number of nitrogens with one attached hydrogen (secondary N) is 1.